The van der Waals surface area contributed by atoms with Crippen molar-refractivity contribution in [2.75, 3.05) is 10.2 Å². The zero-order chi connectivity index (χ0) is 19.7. The summed E-state index contributed by atoms with van der Waals surface area (Å²) in [6.07, 6.45) is 5.30. The number of aromatic carboxylic acids is 1. The number of hydrogen-bond donors (Lipinski definition) is 1. The molecule has 28 heavy (non-hydrogen) atoms. The Kier molecular flexibility index (Phi) is 4.89. The largest absolute Gasteiger partial charge is 0.545 e. The van der Waals surface area contributed by atoms with Gasteiger partial charge in [-0.2, -0.15) is 0 Å². The lowest BCUT2D eigenvalue weighted by Crippen LogP contribution is -2.55. The van der Waals surface area contributed by atoms with E-state index in [4.69, 9.17) is 17.2 Å². The molecule has 6 heteroatoms. The van der Waals surface area contributed by atoms with Gasteiger partial charge in [-0.3, -0.25) is 0 Å². The first-order valence-electron chi connectivity index (χ1n) is 9.58. The number of carboxylic acid groups (broad SMARTS) is 1. The SMILES string of the molecule is Cc1cccc(NC2=NC(=S)N(c3ccc(C(=O)[O-])cc3)C23CCCCC3)c1. The van der Waals surface area contributed by atoms with Crippen LogP contribution in [0.25, 0.3) is 0 Å². The van der Waals surface area contributed by atoms with Gasteiger partial charge in [-0.15, -0.1) is 0 Å². The molecule has 2 aromatic rings. The van der Waals surface area contributed by atoms with Crippen molar-refractivity contribution in [3.63, 3.8) is 0 Å². The number of anilines is 2. The number of thiocarbonyl (C=S) groups is 1. The lowest BCUT2D eigenvalue weighted by Gasteiger charge is -2.43. The third-order valence-corrected chi connectivity index (χ3v) is 5.86. The molecule has 2 aliphatic rings. The zero-order valence-corrected chi connectivity index (χ0v) is 16.6. The highest BCUT2D eigenvalue weighted by Crippen LogP contribution is 2.42. The number of hydrogen-bond acceptors (Lipinski definition) is 4. The van der Waals surface area contributed by atoms with Crippen LogP contribution < -0.4 is 15.3 Å². The summed E-state index contributed by atoms with van der Waals surface area (Å²) in [5.41, 5.74) is 2.88. The van der Waals surface area contributed by atoms with Gasteiger partial charge in [-0.25, -0.2) is 4.99 Å². The Bertz CT molecular complexity index is 947. The van der Waals surface area contributed by atoms with Crippen LogP contribution in [0.5, 0.6) is 0 Å². The molecule has 0 radical (unpaired) electrons. The Hall–Kier alpha value is -2.73. The van der Waals surface area contributed by atoms with Crippen LogP contribution in [-0.4, -0.2) is 22.5 Å². The van der Waals surface area contributed by atoms with Crippen LogP contribution in [0.3, 0.4) is 0 Å². The Morgan fingerprint density at radius 2 is 1.86 bits per heavy atom. The first-order valence-corrected chi connectivity index (χ1v) is 9.99. The van der Waals surface area contributed by atoms with Crippen LogP contribution in [0.15, 0.2) is 53.5 Å². The fourth-order valence-corrected chi connectivity index (χ4v) is 4.62. The van der Waals surface area contributed by atoms with E-state index in [0.717, 1.165) is 42.9 Å². The Labute approximate surface area is 170 Å². The number of aliphatic imine (C=N–C) groups is 1. The Morgan fingerprint density at radius 1 is 1.14 bits per heavy atom. The van der Waals surface area contributed by atoms with E-state index in [1.807, 2.05) is 12.1 Å². The number of amidine groups is 1. The van der Waals surface area contributed by atoms with Crippen molar-refractivity contribution in [1.29, 1.82) is 0 Å². The number of nitrogens with zero attached hydrogens (tertiary/aromatic N) is 2. The fraction of sp³-hybridized carbons (Fsp3) is 0.318. The average molecular weight is 393 g/mol. The molecule has 0 unspecified atom stereocenters. The lowest BCUT2D eigenvalue weighted by atomic mass is 9.79. The highest BCUT2D eigenvalue weighted by molar-refractivity contribution is 7.80. The maximum Gasteiger partial charge on any atom is 0.202 e. The highest BCUT2D eigenvalue weighted by Gasteiger charge is 2.49. The summed E-state index contributed by atoms with van der Waals surface area (Å²) in [5.74, 6) is -0.298. The van der Waals surface area contributed by atoms with E-state index in [-0.39, 0.29) is 11.1 Å². The molecule has 0 bridgehead atoms. The second kappa shape index (κ2) is 7.36. The van der Waals surface area contributed by atoms with Crippen molar-refractivity contribution >= 4 is 40.5 Å². The van der Waals surface area contributed by atoms with Gasteiger partial charge in [0.2, 0.25) is 5.11 Å². The number of rotatable bonds is 3. The second-order valence-electron chi connectivity index (χ2n) is 7.50. The molecule has 4 rings (SSSR count). The standard InChI is InChI=1S/C22H23N3O2S/c1-15-6-5-7-17(14-15)23-20-22(12-3-2-4-13-22)25(21(28)24-20)18-10-8-16(9-11-18)19(26)27/h5-11,14H,2-4,12-13H2,1H3,(H,26,27)(H,23,24,28)/p-1. The third kappa shape index (κ3) is 3.29. The van der Waals surface area contributed by atoms with Crippen molar-refractivity contribution in [2.24, 2.45) is 4.99 Å². The number of carbonyl (C=O) groups excluding carboxylic acids is 1. The number of benzene rings is 2. The van der Waals surface area contributed by atoms with E-state index in [1.54, 1.807) is 24.3 Å². The first kappa shape index (κ1) is 18.6. The highest BCUT2D eigenvalue weighted by atomic mass is 32.1. The van der Waals surface area contributed by atoms with Crippen molar-refractivity contribution in [1.82, 2.24) is 0 Å². The summed E-state index contributed by atoms with van der Waals surface area (Å²) < 4.78 is 0. The second-order valence-corrected chi connectivity index (χ2v) is 7.86. The Balaban J connectivity index is 1.71. The minimum Gasteiger partial charge on any atom is -0.545 e. The molecule has 144 valence electrons. The van der Waals surface area contributed by atoms with Gasteiger partial charge in [0.15, 0.2) is 0 Å². The van der Waals surface area contributed by atoms with Crippen LogP contribution in [0.1, 0.15) is 48.0 Å². The number of nitrogens with one attached hydrogen (secondary N) is 1. The molecule has 0 atom stereocenters. The van der Waals surface area contributed by atoms with Gasteiger partial charge < -0.3 is 20.1 Å². The quantitative estimate of drug-likeness (QED) is 0.807. The van der Waals surface area contributed by atoms with Crippen molar-refractivity contribution < 1.29 is 9.90 Å². The van der Waals surface area contributed by atoms with Crippen LogP contribution in [0.4, 0.5) is 11.4 Å². The van der Waals surface area contributed by atoms with E-state index in [1.165, 1.54) is 12.0 Å². The van der Waals surface area contributed by atoms with Crippen molar-refractivity contribution in [3.8, 4) is 0 Å². The van der Waals surface area contributed by atoms with Crippen LogP contribution >= 0.6 is 12.2 Å². The molecule has 0 aromatic heterocycles. The summed E-state index contributed by atoms with van der Waals surface area (Å²) in [6.45, 7) is 2.06. The summed E-state index contributed by atoms with van der Waals surface area (Å²) in [4.78, 5) is 17.9. The topological polar surface area (TPSA) is 67.8 Å². The number of carbonyl (C=O) groups is 1. The predicted octanol–water partition coefficient (Wildman–Crippen LogP) is 3.68. The molecular formula is C22H22N3O2S-. The molecule has 1 aliphatic heterocycles. The molecule has 1 heterocycles. The summed E-state index contributed by atoms with van der Waals surface area (Å²) in [5, 5.41) is 15.1. The third-order valence-electron chi connectivity index (χ3n) is 5.59. The fourth-order valence-electron chi connectivity index (χ4n) is 4.24. The van der Waals surface area contributed by atoms with Crippen LogP contribution in [0, 0.1) is 6.92 Å². The predicted molar refractivity (Wildman–Crippen MR) is 114 cm³/mol. The molecule has 1 fully saturated rings. The average Bonchev–Trinajstić information content (AvgIpc) is 2.93. The van der Waals surface area contributed by atoms with E-state index < -0.39 is 5.97 Å². The number of carboxylic acids is 1. The molecule has 1 saturated carbocycles. The van der Waals surface area contributed by atoms with E-state index >= 15 is 0 Å². The molecule has 1 spiro atoms. The van der Waals surface area contributed by atoms with Gasteiger partial charge in [0, 0.05) is 11.4 Å². The first-order chi connectivity index (χ1) is 13.5. The summed E-state index contributed by atoms with van der Waals surface area (Å²) in [6, 6.07) is 14.9. The molecule has 2 aromatic carbocycles. The van der Waals surface area contributed by atoms with Gasteiger partial charge in [-0.05, 0) is 67.4 Å². The van der Waals surface area contributed by atoms with Gasteiger partial charge >= 0.3 is 0 Å². The van der Waals surface area contributed by atoms with Gasteiger partial charge in [-0.1, -0.05) is 43.5 Å². The summed E-state index contributed by atoms with van der Waals surface area (Å²) in [7, 11) is 0. The van der Waals surface area contributed by atoms with E-state index in [2.05, 4.69) is 29.3 Å². The smallest absolute Gasteiger partial charge is 0.202 e. The Morgan fingerprint density at radius 3 is 2.50 bits per heavy atom. The van der Waals surface area contributed by atoms with E-state index in [9.17, 15) is 9.90 Å². The summed E-state index contributed by atoms with van der Waals surface area (Å²) >= 11 is 5.65. The maximum atomic E-state index is 11.1. The minimum atomic E-state index is -1.18. The lowest BCUT2D eigenvalue weighted by molar-refractivity contribution is -0.255. The van der Waals surface area contributed by atoms with E-state index in [0.29, 0.717) is 5.11 Å². The van der Waals surface area contributed by atoms with Gasteiger partial charge in [0.25, 0.3) is 0 Å². The van der Waals surface area contributed by atoms with Crippen molar-refractivity contribution in [2.45, 2.75) is 44.6 Å². The maximum absolute atomic E-state index is 11.1. The van der Waals surface area contributed by atoms with Crippen LogP contribution in [-0.2, 0) is 0 Å². The molecule has 5 nitrogen and oxygen atoms in total. The molecule has 0 saturated heterocycles. The normalized spacial score (nSPS) is 18.2. The van der Waals surface area contributed by atoms with Gasteiger partial charge in [0.05, 0.1) is 5.97 Å². The number of aryl methyl sites for hydroxylation is 1. The monoisotopic (exact) mass is 392 g/mol. The minimum absolute atomic E-state index is 0.158. The van der Waals surface area contributed by atoms with Gasteiger partial charge in [0.1, 0.15) is 11.4 Å². The van der Waals surface area contributed by atoms with Crippen molar-refractivity contribution in [3.05, 3.63) is 59.7 Å². The molecule has 1 aliphatic carbocycles. The van der Waals surface area contributed by atoms with Crippen LogP contribution in [0.2, 0.25) is 0 Å². The molecule has 1 N–H and O–H groups in total. The molecular weight excluding hydrogens is 370 g/mol. The zero-order valence-electron chi connectivity index (χ0n) is 15.8. The molecule has 0 amide bonds.